The number of nitrogens with two attached hydrogens (primary N) is 1. The first-order valence-corrected chi connectivity index (χ1v) is 10.3. The van der Waals surface area contributed by atoms with E-state index in [4.69, 9.17) is 10.5 Å². The third-order valence-corrected chi connectivity index (χ3v) is 6.34. The van der Waals surface area contributed by atoms with E-state index in [-0.39, 0.29) is 18.1 Å². The van der Waals surface area contributed by atoms with E-state index in [1.807, 2.05) is 0 Å². The fourth-order valence-electron chi connectivity index (χ4n) is 4.59. The molecule has 144 valence electrons. The third-order valence-electron chi connectivity index (χ3n) is 6.34. The summed E-state index contributed by atoms with van der Waals surface area (Å²) in [6.07, 6.45) is 8.63. The van der Waals surface area contributed by atoms with Gasteiger partial charge in [0.15, 0.2) is 0 Å². The van der Waals surface area contributed by atoms with E-state index in [2.05, 4.69) is 35.2 Å². The van der Waals surface area contributed by atoms with Gasteiger partial charge in [-0.3, -0.25) is 4.79 Å². The van der Waals surface area contributed by atoms with Crippen molar-refractivity contribution in [3.8, 4) is 0 Å². The van der Waals surface area contributed by atoms with Crippen LogP contribution in [-0.4, -0.2) is 43.2 Å². The van der Waals surface area contributed by atoms with Gasteiger partial charge >= 0.3 is 0 Å². The minimum Gasteiger partial charge on any atom is -0.380 e. The van der Waals surface area contributed by atoms with E-state index in [0.717, 1.165) is 51.1 Å². The van der Waals surface area contributed by atoms with Gasteiger partial charge in [0.05, 0.1) is 6.10 Å². The van der Waals surface area contributed by atoms with Crippen LogP contribution in [0.4, 0.5) is 0 Å². The zero-order valence-electron chi connectivity index (χ0n) is 16.1. The lowest BCUT2D eigenvalue weighted by Crippen LogP contribution is -2.48. The summed E-state index contributed by atoms with van der Waals surface area (Å²) in [5, 5.41) is 0. The van der Waals surface area contributed by atoms with Crippen LogP contribution >= 0.6 is 0 Å². The first-order valence-electron chi connectivity index (χ1n) is 10.3. The Morgan fingerprint density at radius 3 is 2.58 bits per heavy atom. The number of nitrogens with zero attached hydrogens (tertiary/aromatic N) is 1. The highest BCUT2D eigenvalue weighted by molar-refractivity contribution is 5.79. The zero-order valence-corrected chi connectivity index (χ0v) is 16.1. The average molecular weight is 359 g/mol. The number of ether oxygens (including phenoxy) is 1. The number of aryl methyl sites for hydroxylation is 1. The highest BCUT2D eigenvalue weighted by atomic mass is 16.5. The van der Waals surface area contributed by atoms with Crippen LogP contribution in [-0.2, 0) is 16.0 Å². The van der Waals surface area contributed by atoms with Crippen LogP contribution in [0.3, 0.4) is 0 Å². The first-order chi connectivity index (χ1) is 12.7. The second-order valence-corrected chi connectivity index (χ2v) is 8.09. The Morgan fingerprint density at radius 2 is 1.88 bits per heavy atom. The standard InChI is InChI=1S/C22H34N2O2/c1-26-21-16-19(10-11-20(21)23)22(25)24-14-12-18(13-15-24)9-5-8-17-6-3-2-4-7-17/h2-4,6-7,18-21H,5,8-16,23H2,1H3/t19-,20+,21+/m0/s1. The highest BCUT2D eigenvalue weighted by Crippen LogP contribution is 2.29. The molecule has 1 amide bonds. The van der Waals surface area contributed by atoms with Crippen molar-refractivity contribution in [2.24, 2.45) is 17.6 Å². The Kier molecular flexibility index (Phi) is 7.09. The number of carbonyl (C=O) groups is 1. The number of amides is 1. The second kappa shape index (κ2) is 9.52. The number of piperidine rings is 1. The molecule has 1 saturated heterocycles. The number of hydrogen-bond acceptors (Lipinski definition) is 3. The second-order valence-electron chi connectivity index (χ2n) is 8.09. The van der Waals surface area contributed by atoms with Crippen LogP contribution in [0.25, 0.3) is 0 Å². The Bertz CT molecular complexity index is 555. The molecule has 0 spiro atoms. The smallest absolute Gasteiger partial charge is 0.225 e. The summed E-state index contributed by atoms with van der Waals surface area (Å²) in [7, 11) is 1.71. The summed E-state index contributed by atoms with van der Waals surface area (Å²) in [5.41, 5.74) is 7.52. The summed E-state index contributed by atoms with van der Waals surface area (Å²) in [6.45, 7) is 1.85. The minimum absolute atomic E-state index is 0.0354. The van der Waals surface area contributed by atoms with Crippen molar-refractivity contribution in [3.63, 3.8) is 0 Å². The Labute approximate surface area is 158 Å². The molecule has 1 saturated carbocycles. The topological polar surface area (TPSA) is 55.6 Å². The molecule has 3 atom stereocenters. The van der Waals surface area contributed by atoms with Crippen molar-refractivity contribution in [2.45, 2.75) is 63.5 Å². The molecule has 1 aliphatic carbocycles. The molecule has 0 bridgehead atoms. The highest BCUT2D eigenvalue weighted by Gasteiger charge is 2.35. The average Bonchev–Trinajstić information content (AvgIpc) is 2.69. The van der Waals surface area contributed by atoms with E-state index in [1.165, 1.54) is 24.8 Å². The maximum atomic E-state index is 12.9. The number of benzene rings is 1. The van der Waals surface area contributed by atoms with E-state index in [9.17, 15) is 4.79 Å². The predicted octanol–water partition coefficient (Wildman–Crippen LogP) is 3.39. The first kappa shape index (κ1) is 19.4. The van der Waals surface area contributed by atoms with Gasteiger partial charge in [0.2, 0.25) is 5.91 Å². The number of rotatable bonds is 6. The Hall–Kier alpha value is -1.39. The molecular weight excluding hydrogens is 324 g/mol. The summed E-state index contributed by atoms with van der Waals surface area (Å²) < 4.78 is 5.47. The fraction of sp³-hybridized carbons (Fsp3) is 0.682. The Morgan fingerprint density at radius 1 is 1.15 bits per heavy atom. The lowest BCUT2D eigenvalue weighted by molar-refractivity contribution is -0.140. The zero-order chi connectivity index (χ0) is 18.4. The molecule has 0 unspecified atom stereocenters. The molecule has 4 heteroatoms. The molecule has 1 aliphatic heterocycles. The van der Waals surface area contributed by atoms with E-state index < -0.39 is 0 Å². The molecule has 26 heavy (non-hydrogen) atoms. The van der Waals surface area contributed by atoms with Crippen LogP contribution in [0.15, 0.2) is 30.3 Å². The monoisotopic (exact) mass is 358 g/mol. The number of likely N-dealkylation sites (tertiary alicyclic amines) is 1. The van der Waals surface area contributed by atoms with Crippen LogP contribution in [0.5, 0.6) is 0 Å². The van der Waals surface area contributed by atoms with Gasteiger partial charge in [-0.2, -0.15) is 0 Å². The maximum Gasteiger partial charge on any atom is 0.225 e. The number of hydrogen-bond donors (Lipinski definition) is 1. The lowest BCUT2D eigenvalue weighted by Gasteiger charge is -2.38. The van der Waals surface area contributed by atoms with Crippen LogP contribution in [0, 0.1) is 11.8 Å². The molecule has 1 heterocycles. The van der Waals surface area contributed by atoms with Crippen LogP contribution < -0.4 is 5.73 Å². The van der Waals surface area contributed by atoms with Gasteiger partial charge in [-0.1, -0.05) is 30.3 Å². The van der Waals surface area contributed by atoms with Gasteiger partial charge in [0.25, 0.3) is 0 Å². The lowest BCUT2D eigenvalue weighted by atomic mass is 9.82. The molecule has 4 nitrogen and oxygen atoms in total. The molecule has 2 aliphatic rings. The van der Waals surface area contributed by atoms with Crippen LogP contribution in [0.2, 0.25) is 0 Å². The van der Waals surface area contributed by atoms with Crippen molar-refractivity contribution in [1.82, 2.24) is 4.90 Å². The normalized spacial score (nSPS) is 27.5. The Balaban J connectivity index is 1.38. The molecule has 0 aromatic heterocycles. The summed E-state index contributed by atoms with van der Waals surface area (Å²) in [4.78, 5) is 15.0. The number of carbonyl (C=O) groups excluding carboxylic acids is 1. The molecular formula is C22H34N2O2. The van der Waals surface area contributed by atoms with Crippen molar-refractivity contribution in [1.29, 1.82) is 0 Å². The van der Waals surface area contributed by atoms with Gasteiger partial charge in [0, 0.05) is 32.2 Å². The van der Waals surface area contributed by atoms with Gasteiger partial charge in [-0.15, -0.1) is 0 Å². The van der Waals surface area contributed by atoms with Crippen LogP contribution in [0.1, 0.15) is 50.5 Å². The quantitative estimate of drug-likeness (QED) is 0.848. The van der Waals surface area contributed by atoms with Gasteiger partial charge in [-0.25, -0.2) is 0 Å². The summed E-state index contributed by atoms with van der Waals surface area (Å²) >= 11 is 0. The predicted molar refractivity (Wildman–Crippen MR) is 105 cm³/mol. The van der Waals surface area contributed by atoms with Crippen molar-refractivity contribution < 1.29 is 9.53 Å². The van der Waals surface area contributed by atoms with Gasteiger partial charge in [-0.05, 0) is 62.8 Å². The molecule has 2 N–H and O–H groups in total. The fourth-order valence-corrected chi connectivity index (χ4v) is 4.59. The summed E-state index contributed by atoms with van der Waals surface area (Å²) in [6, 6.07) is 10.8. The molecule has 0 radical (unpaired) electrons. The number of methoxy groups -OCH3 is 1. The third kappa shape index (κ3) is 5.08. The van der Waals surface area contributed by atoms with Gasteiger partial charge < -0.3 is 15.4 Å². The molecule has 1 aromatic carbocycles. The SMILES string of the molecule is CO[C@@H]1C[C@@H](C(=O)N2CCC(CCCc3ccccc3)CC2)CC[C@H]1N. The molecule has 3 rings (SSSR count). The van der Waals surface area contributed by atoms with E-state index >= 15 is 0 Å². The molecule has 2 fully saturated rings. The van der Waals surface area contributed by atoms with E-state index in [0.29, 0.717) is 5.91 Å². The maximum absolute atomic E-state index is 12.9. The van der Waals surface area contributed by atoms with Crippen molar-refractivity contribution in [3.05, 3.63) is 35.9 Å². The van der Waals surface area contributed by atoms with E-state index in [1.54, 1.807) is 7.11 Å². The van der Waals surface area contributed by atoms with Crippen molar-refractivity contribution in [2.75, 3.05) is 20.2 Å². The van der Waals surface area contributed by atoms with Gasteiger partial charge in [0.1, 0.15) is 0 Å². The molecule has 1 aromatic rings. The summed E-state index contributed by atoms with van der Waals surface area (Å²) in [5.74, 6) is 1.21. The minimum atomic E-state index is 0.0354. The largest absolute Gasteiger partial charge is 0.380 e. The van der Waals surface area contributed by atoms with Crippen molar-refractivity contribution >= 4 is 5.91 Å².